The lowest BCUT2D eigenvalue weighted by Crippen LogP contribution is -2.25. The fraction of sp³-hybridized carbons (Fsp3) is 0.286. The van der Waals surface area contributed by atoms with Gasteiger partial charge in [0.15, 0.2) is 0 Å². The van der Waals surface area contributed by atoms with Crippen molar-refractivity contribution < 1.29 is 4.74 Å². The van der Waals surface area contributed by atoms with E-state index in [-0.39, 0.29) is 10.7 Å². The first kappa shape index (κ1) is 15.1. The summed E-state index contributed by atoms with van der Waals surface area (Å²) in [6.07, 6.45) is 0.636. The number of hydrogen-bond acceptors (Lipinski definition) is 3. The molecule has 1 aromatic carbocycles. The third kappa shape index (κ3) is 3.22. The molecule has 0 unspecified atom stereocenters. The van der Waals surface area contributed by atoms with Gasteiger partial charge < -0.3 is 4.74 Å². The van der Waals surface area contributed by atoms with E-state index in [1.54, 1.807) is 11.7 Å². The standard InChI is InChI=1S/C14H14BrClN2O2/c1-3-13-17-12(16)7-14(19)18(13)8-9-6-10(20-2)4-5-11(9)15/h4-7H,3,8H2,1-2H3. The van der Waals surface area contributed by atoms with Gasteiger partial charge in [0.2, 0.25) is 0 Å². The number of methoxy groups -OCH3 is 1. The molecule has 106 valence electrons. The summed E-state index contributed by atoms with van der Waals surface area (Å²) in [5, 5.41) is 0.229. The van der Waals surface area contributed by atoms with Gasteiger partial charge in [0.05, 0.1) is 13.7 Å². The first-order valence-electron chi connectivity index (χ1n) is 6.13. The van der Waals surface area contributed by atoms with Gasteiger partial charge in [0.25, 0.3) is 5.56 Å². The van der Waals surface area contributed by atoms with E-state index in [4.69, 9.17) is 16.3 Å². The highest BCUT2D eigenvalue weighted by atomic mass is 79.9. The summed E-state index contributed by atoms with van der Waals surface area (Å²) in [6.45, 7) is 2.36. The van der Waals surface area contributed by atoms with Crippen molar-refractivity contribution in [2.45, 2.75) is 19.9 Å². The number of hydrogen-bond donors (Lipinski definition) is 0. The molecule has 1 heterocycles. The van der Waals surface area contributed by atoms with Gasteiger partial charge in [-0.25, -0.2) is 4.98 Å². The molecule has 20 heavy (non-hydrogen) atoms. The van der Waals surface area contributed by atoms with Crippen LogP contribution in [0.2, 0.25) is 5.15 Å². The van der Waals surface area contributed by atoms with Crippen molar-refractivity contribution in [2.75, 3.05) is 7.11 Å². The van der Waals surface area contributed by atoms with Crippen LogP contribution >= 0.6 is 27.5 Å². The van der Waals surface area contributed by atoms with E-state index in [2.05, 4.69) is 20.9 Å². The average Bonchev–Trinajstić information content (AvgIpc) is 2.43. The summed E-state index contributed by atoms with van der Waals surface area (Å²) in [7, 11) is 1.61. The Morgan fingerprint density at radius 3 is 2.80 bits per heavy atom. The third-order valence-corrected chi connectivity index (χ3v) is 3.92. The molecule has 0 N–H and O–H groups in total. The molecule has 4 nitrogen and oxygen atoms in total. The fourth-order valence-electron chi connectivity index (χ4n) is 1.93. The lowest BCUT2D eigenvalue weighted by atomic mass is 10.2. The number of benzene rings is 1. The average molecular weight is 358 g/mol. The summed E-state index contributed by atoms with van der Waals surface area (Å²) < 4.78 is 7.74. The quantitative estimate of drug-likeness (QED) is 0.789. The molecular weight excluding hydrogens is 344 g/mol. The molecule has 0 aliphatic carbocycles. The molecule has 2 rings (SSSR count). The minimum Gasteiger partial charge on any atom is -0.497 e. The second kappa shape index (κ2) is 6.41. The van der Waals surface area contributed by atoms with E-state index >= 15 is 0 Å². The van der Waals surface area contributed by atoms with Gasteiger partial charge in [-0.3, -0.25) is 9.36 Å². The smallest absolute Gasteiger partial charge is 0.255 e. The van der Waals surface area contributed by atoms with E-state index in [1.807, 2.05) is 25.1 Å². The Labute approximate surface area is 130 Å². The van der Waals surface area contributed by atoms with Crippen molar-refractivity contribution in [3.8, 4) is 5.75 Å². The van der Waals surface area contributed by atoms with Crippen LogP contribution in [0.25, 0.3) is 0 Å². The topological polar surface area (TPSA) is 44.1 Å². The number of aryl methyl sites for hydroxylation is 1. The molecule has 0 fully saturated rings. The third-order valence-electron chi connectivity index (χ3n) is 2.95. The number of nitrogens with zero attached hydrogens (tertiary/aromatic N) is 2. The second-order valence-corrected chi connectivity index (χ2v) is 5.47. The molecular formula is C14H14BrClN2O2. The second-order valence-electron chi connectivity index (χ2n) is 4.23. The molecule has 0 spiro atoms. The van der Waals surface area contributed by atoms with Crippen LogP contribution in [0.5, 0.6) is 5.75 Å². The van der Waals surface area contributed by atoms with Crippen molar-refractivity contribution in [3.05, 3.63) is 55.6 Å². The van der Waals surface area contributed by atoms with Crippen LogP contribution in [0.1, 0.15) is 18.3 Å². The summed E-state index contributed by atoms with van der Waals surface area (Å²) in [5.41, 5.74) is 0.793. The van der Waals surface area contributed by atoms with Crippen LogP contribution in [0, 0.1) is 0 Å². The Hall–Kier alpha value is -1.33. The molecule has 1 aromatic heterocycles. The van der Waals surface area contributed by atoms with Gasteiger partial charge in [-0.15, -0.1) is 0 Å². The number of rotatable bonds is 4. The normalized spacial score (nSPS) is 10.6. The maximum atomic E-state index is 12.1. The van der Waals surface area contributed by atoms with E-state index in [1.165, 1.54) is 6.07 Å². The zero-order chi connectivity index (χ0) is 14.7. The molecule has 0 aliphatic rings. The van der Waals surface area contributed by atoms with Crippen LogP contribution in [-0.4, -0.2) is 16.7 Å². The lowest BCUT2D eigenvalue weighted by molar-refractivity contribution is 0.414. The van der Waals surface area contributed by atoms with Crippen LogP contribution in [0.4, 0.5) is 0 Å². The molecule has 0 aliphatic heterocycles. The maximum absolute atomic E-state index is 12.1. The highest BCUT2D eigenvalue weighted by Crippen LogP contribution is 2.23. The molecule has 0 amide bonds. The van der Waals surface area contributed by atoms with E-state index < -0.39 is 0 Å². The number of ether oxygens (including phenoxy) is 1. The Bertz CT molecular complexity index is 685. The molecule has 0 atom stereocenters. The minimum absolute atomic E-state index is 0.156. The lowest BCUT2D eigenvalue weighted by Gasteiger charge is -2.13. The zero-order valence-corrected chi connectivity index (χ0v) is 13.5. The Kier molecular flexibility index (Phi) is 4.83. The molecule has 0 radical (unpaired) electrons. The van der Waals surface area contributed by atoms with Gasteiger partial charge in [-0.1, -0.05) is 34.5 Å². The van der Waals surface area contributed by atoms with Crippen molar-refractivity contribution >= 4 is 27.5 Å². The molecule has 6 heteroatoms. The van der Waals surface area contributed by atoms with E-state index in [0.29, 0.717) is 18.8 Å². The Morgan fingerprint density at radius 1 is 1.40 bits per heavy atom. The van der Waals surface area contributed by atoms with Crippen LogP contribution in [-0.2, 0) is 13.0 Å². The highest BCUT2D eigenvalue weighted by Gasteiger charge is 2.10. The minimum atomic E-state index is -0.156. The largest absolute Gasteiger partial charge is 0.497 e. The molecule has 0 saturated carbocycles. The molecule has 2 aromatic rings. The van der Waals surface area contributed by atoms with Crippen molar-refractivity contribution in [1.29, 1.82) is 0 Å². The monoisotopic (exact) mass is 356 g/mol. The van der Waals surface area contributed by atoms with Crippen molar-refractivity contribution in [2.24, 2.45) is 0 Å². The van der Waals surface area contributed by atoms with Crippen molar-refractivity contribution in [3.63, 3.8) is 0 Å². The molecule has 0 bridgehead atoms. The summed E-state index contributed by atoms with van der Waals surface area (Å²) >= 11 is 9.31. The maximum Gasteiger partial charge on any atom is 0.255 e. The van der Waals surface area contributed by atoms with Gasteiger partial charge in [-0.2, -0.15) is 0 Å². The first-order valence-corrected chi connectivity index (χ1v) is 7.31. The first-order chi connectivity index (χ1) is 9.55. The Balaban J connectivity index is 2.47. The zero-order valence-electron chi connectivity index (χ0n) is 11.2. The SMILES string of the molecule is CCc1nc(Cl)cc(=O)n1Cc1cc(OC)ccc1Br. The van der Waals surface area contributed by atoms with Crippen molar-refractivity contribution in [1.82, 2.24) is 9.55 Å². The summed E-state index contributed by atoms with van der Waals surface area (Å²) in [4.78, 5) is 16.3. The van der Waals surface area contributed by atoms with E-state index in [9.17, 15) is 4.79 Å². The van der Waals surface area contributed by atoms with Crippen LogP contribution < -0.4 is 10.3 Å². The highest BCUT2D eigenvalue weighted by molar-refractivity contribution is 9.10. The Morgan fingerprint density at radius 2 is 2.15 bits per heavy atom. The number of halogens is 2. The van der Waals surface area contributed by atoms with Gasteiger partial charge in [0, 0.05) is 17.0 Å². The fourth-order valence-corrected chi connectivity index (χ4v) is 2.49. The van der Waals surface area contributed by atoms with Crippen LogP contribution in [0.15, 0.2) is 33.5 Å². The summed E-state index contributed by atoms with van der Waals surface area (Å²) in [5.74, 6) is 1.41. The summed E-state index contributed by atoms with van der Waals surface area (Å²) in [6, 6.07) is 6.98. The molecule has 0 saturated heterocycles. The van der Waals surface area contributed by atoms with E-state index in [0.717, 1.165) is 15.8 Å². The van der Waals surface area contributed by atoms with Gasteiger partial charge >= 0.3 is 0 Å². The number of aromatic nitrogens is 2. The van der Waals surface area contributed by atoms with Gasteiger partial charge in [-0.05, 0) is 23.8 Å². The van der Waals surface area contributed by atoms with Gasteiger partial charge in [0.1, 0.15) is 16.7 Å². The predicted octanol–water partition coefficient (Wildman–Crippen LogP) is 3.28. The van der Waals surface area contributed by atoms with Crippen LogP contribution in [0.3, 0.4) is 0 Å². The predicted molar refractivity (Wildman–Crippen MR) is 82.7 cm³/mol.